The molecule has 0 fully saturated rings. The second-order valence-electron chi connectivity index (χ2n) is 12.2. The summed E-state index contributed by atoms with van der Waals surface area (Å²) in [5, 5.41) is 0. The topological polar surface area (TPSA) is 199 Å². The quantitative estimate of drug-likeness (QED) is 0.0828. The van der Waals surface area contributed by atoms with Crippen LogP contribution in [0.2, 0.25) is 0 Å². The van der Waals surface area contributed by atoms with E-state index in [1.54, 1.807) is 195 Å². The third kappa shape index (κ3) is 10.8. The Morgan fingerprint density at radius 3 is 1.05 bits per heavy atom. The normalized spacial score (nSPS) is 17.6. The van der Waals surface area contributed by atoms with Crippen LogP contribution in [0.5, 0.6) is 47.0 Å². The molecule has 8 aromatic rings. The smallest absolute Gasteiger partial charge is 0.422 e. The lowest BCUT2D eigenvalue weighted by molar-refractivity contribution is 0.0314. The fraction of sp³-hybridized carbons (Fsp3) is 0. The number of pyridine rings is 8. The van der Waals surface area contributed by atoms with Crippen LogP contribution in [0.1, 0.15) is 0 Å². The molecule has 9 rings (SSSR count). The summed E-state index contributed by atoms with van der Waals surface area (Å²) >= 11 is 0. The molecule has 0 bridgehead atoms. The molecule has 8 aromatic heterocycles. The van der Waals surface area contributed by atoms with Crippen molar-refractivity contribution in [3.63, 3.8) is 0 Å². The van der Waals surface area contributed by atoms with Gasteiger partial charge >= 0.3 is 33.0 Å². The van der Waals surface area contributed by atoms with Gasteiger partial charge < -0.3 is 37.1 Å². The summed E-state index contributed by atoms with van der Waals surface area (Å²) in [4.78, 5) is 56.6. The average molecular weight is 933 g/mol. The molecule has 0 N–H and O–H groups in total. The standard InChI is InChI=1S/C40H32N12O8P4/c1-9-25-41-33(17-1)53-50-61(56-36-20-4-12-28-44-36)49-64(59-39-23-7-15-31-47-39,60-40-24-8-16-32-48-40)52(55-35-19-3-11-27-43-35)63(58-38-22-6-14-30-46-38)51(54-34-18-2-10-26-42-34)62(50)57-37-21-5-13-29-45-37/h1-32H. The SMILES string of the molecule is c1ccc(ON2P(Oc3ccccn3)N=P(Oc3ccccn3)(Oc3ccccn3)N(Oc3ccccn3)P(Oc3ccccn3)N(Oc3ccccn3)P2Oc2ccccn2)nc1. The molecule has 0 aliphatic carbocycles. The molecule has 320 valence electrons. The van der Waals surface area contributed by atoms with Crippen molar-refractivity contribution in [2.24, 2.45) is 4.52 Å². The van der Waals surface area contributed by atoms with Crippen LogP contribution in [-0.2, 0) is 0 Å². The monoisotopic (exact) mass is 932 g/mol. The number of rotatable bonds is 16. The largest absolute Gasteiger partial charge is 0.449 e. The van der Waals surface area contributed by atoms with Gasteiger partial charge in [-0.2, -0.15) is 0 Å². The summed E-state index contributed by atoms with van der Waals surface area (Å²) < 4.78 is 44.0. The molecule has 9 heterocycles. The van der Waals surface area contributed by atoms with Crippen LogP contribution in [0.3, 0.4) is 0 Å². The molecule has 0 spiro atoms. The predicted molar refractivity (Wildman–Crippen MR) is 235 cm³/mol. The Morgan fingerprint density at radius 2 is 0.656 bits per heavy atom. The Labute approximate surface area is 369 Å². The summed E-state index contributed by atoms with van der Waals surface area (Å²) in [6.45, 7) is 0. The van der Waals surface area contributed by atoms with E-state index in [9.17, 15) is 0 Å². The average Bonchev–Trinajstić information content (AvgIpc) is 3.35. The molecule has 0 amide bonds. The highest BCUT2D eigenvalue weighted by Gasteiger charge is 2.60. The van der Waals surface area contributed by atoms with Gasteiger partial charge in [-0.05, 0) is 48.5 Å². The van der Waals surface area contributed by atoms with Gasteiger partial charge in [-0.3, -0.25) is 0 Å². The highest BCUT2D eigenvalue weighted by molar-refractivity contribution is 7.78. The van der Waals surface area contributed by atoms with Crippen molar-refractivity contribution in [1.82, 2.24) is 53.7 Å². The zero-order valence-electron chi connectivity index (χ0n) is 32.9. The second kappa shape index (κ2) is 20.9. The lowest BCUT2D eigenvalue weighted by Gasteiger charge is -2.43. The number of hydrogen-bond acceptors (Lipinski definition) is 20. The van der Waals surface area contributed by atoms with Crippen molar-refractivity contribution in [2.45, 2.75) is 0 Å². The Kier molecular flexibility index (Phi) is 13.8. The fourth-order valence-electron chi connectivity index (χ4n) is 5.02. The maximum atomic E-state index is 6.99. The van der Waals surface area contributed by atoms with E-state index >= 15 is 0 Å². The number of hydrogen-bond donors (Lipinski definition) is 0. The molecule has 24 heteroatoms. The molecular weight excluding hydrogens is 900 g/mol. The van der Waals surface area contributed by atoms with Crippen LogP contribution >= 0.6 is 33.0 Å². The molecule has 20 nitrogen and oxygen atoms in total. The van der Waals surface area contributed by atoms with E-state index < -0.39 is 33.0 Å². The van der Waals surface area contributed by atoms with E-state index in [-0.39, 0.29) is 47.0 Å². The first-order valence-corrected chi connectivity index (χ1v) is 23.9. The van der Waals surface area contributed by atoms with Gasteiger partial charge in [0.1, 0.15) is 0 Å². The van der Waals surface area contributed by atoms with Crippen molar-refractivity contribution >= 4 is 33.0 Å². The Balaban J connectivity index is 1.39. The Hall–Kier alpha value is -7.00. The minimum Gasteiger partial charge on any atom is -0.422 e. The van der Waals surface area contributed by atoms with Crippen molar-refractivity contribution in [1.29, 1.82) is 0 Å². The van der Waals surface area contributed by atoms with E-state index in [4.69, 9.17) is 41.6 Å². The third-order valence-corrected chi connectivity index (χ3v) is 16.5. The van der Waals surface area contributed by atoms with E-state index in [1.165, 1.54) is 13.8 Å². The molecule has 3 atom stereocenters. The maximum Gasteiger partial charge on any atom is 0.449 e. The van der Waals surface area contributed by atoms with Crippen molar-refractivity contribution < 1.29 is 37.1 Å². The van der Waals surface area contributed by atoms with Crippen LogP contribution in [0.25, 0.3) is 0 Å². The van der Waals surface area contributed by atoms with Gasteiger partial charge in [0.25, 0.3) is 0 Å². The van der Waals surface area contributed by atoms with Crippen molar-refractivity contribution in [3.05, 3.63) is 195 Å². The molecule has 1 aliphatic rings. The van der Waals surface area contributed by atoms with E-state index in [2.05, 4.69) is 39.9 Å². The van der Waals surface area contributed by atoms with Gasteiger partial charge in [-0.1, -0.05) is 48.5 Å². The first-order chi connectivity index (χ1) is 31.7. The van der Waals surface area contributed by atoms with Crippen molar-refractivity contribution in [2.75, 3.05) is 0 Å². The lowest BCUT2D eigenvalue weighted by atomic mass is 10.5. The Bertz CT molecular complexity index is 2650. The summed E-state index contributed by atoms with van der Waals surface area (Å²) in [6.07, 6.45) is 12.5. The first-order valence-electron chi connectivity index (χ1n) is 18.9. The van der Waals surface area contributed by atoms with Crippen LogP contribution in [0.15, 0.2) is 200 Å². The van der Waals surface area contributed by atoms with Crippen LogP contribution in [0.4, 0.5) is 0 Å². The molecule has 64 heavy (non-hydrogen) atoms. The van der Waals surface area contributed by atoms with Gasteiger partial charge in [-0.25, -0.2) is 39.9 Å². The zero-order chi connectivity index (χ0) is 43.2. The fourth-order valence-corrected chi connectivity index (χ4v) is 14.5. The van der Waals surface area contributed by atoms with E-state index in [0.717, 1.165) is 0 Å². The third-order valence-electron chi connectivity index (χ3n) is 7.72. The lowest BCUT2D eigenvalue weighted by Crippen LogP contribution is -2.40. The number of aromatic nitrogens is 8. The summed E-state index contributed by atoms with van der Waals surface area (Å²) in [5.41, 5.74) is 0. The highest BCUT2D eigenvalue weighted by Crippen LogP contribution is 2.77. The number of nitrogens with zero attached hydrogens (tertiary/aromatic N) is 12. The summed E-state index contributed by atoms with van der Waals surface area (Å²) in [6, 6.07) is 41.0. The van der Waals surface area contributed by atoms with Gasteiger partial charge in [0.15, 0.2) is 0 Å². The molecule has 0 saturated heterocycles. The molecular formula is C40H32N12O8P4. The van der Waals surface area contributed by atoms with Gasteiger partial charge in [0.05, 0.1) is 0 Å². The first kappa shape index (κ1) is 42.3. The molecule has 3 unspecified atom stereocenters. The molecule has 1 aliphatic heterocycles. The van der Waals surface area contributed by atoms with Gasteiger partial charge in [0, 0.05) is 112 Å². The minimum atomic E-state index is -4.48. The Morgan fingerprint density at radius 1 is 0.328 bits per heavy atom. The molecule has 0 aromatic carbocycles. The van der Waals surface area contributed by atoms with Crippen LogP contribution in [-0.4, -0.2) is 53.7 Å². The van der Waals surface area contributed by atoms with Crippen molar-refractivity contribution in [3.8, 4) is 47.0 Å². The molecule has 0 radical (unpaired) electrons. The highest BCUT2D eigenvalue weighted by atomic mass is 31.3. The van der Waals surface area contributed by atoms with Gasteiger partial charge in [0.2, 0.25) is 47.0 Å². The predicted octanol–water partition coefficient (Wildman–Crippen LogP) is 10.1. The van der Waals surface area contributed by atoms with E-state index in [0.29, 0.717) is 0 Å². The summed E-state index contributed by atoms with van der Waals surface area (Å²) in [7, 11) is -12.5. The molecule has 0 saturated carbocycles. The second-order valence-corrected chi connectivity index (χ2v) is 19.4. The van der Waals surface area contributed by atoms with Crippen LogP contribution in [0, 0.1) is 0 Å². The zero-order valence-corrected chi connectivity index (χ0v) is 36.5. The van der Waals surface area contributed by atoms with E-state index in [1.807, 2.05) is 0 Å². The van der Waals surface area contributed by atoms with Gasteiger partial charge in [-0.15, -0.1) is 4.52 Å². The van der Waals surface area contributed by atoms with Crippen LogP contribution < -0.4 is 37.1 Å². The maximum absolute atomic E-state index is 6.99. The summed E-state index contributed by atoms with van der Waals surface area (Å²) in [5.74, 6) is 0.798. The minimum absolute atomic E-state index is 0.0627.